The van der Waals surface area contributed by atoms with Crippen molar-refractivity contribution in [1.82, 2.24) is 10.2 Å². The average molecular weight is 305 g/mol. The summed E-state index contributed by atoms with van der Waals surface area (Å²) in [4.78, 5) is 26.2. The fourth-order valence-corrected chi connectivity index (χ4v) is 2.62. The van der Waals surface area contributed by atoms with Gasteiger partial charge in [-0.2, -0.15) is 0 Å². The van der Waals surface area contributed by atoms with Crippen LogP contribution in [0, 0.1) is 0 Å². The van der Waals surface area contributed by atoms with E-state index in [0.29, 0.717) is 24.5 Å². The second kappa shape index (κ2) is 6.67. The van der Waals surface area contributed by atoms with Gasteiger partial charge in [0.1, 0.15) is 11.0 Å². The molecule has 0 aliphatic carbocycles. The fourth-order valence-electron chi connectivity index (χ4n) is 2.48. The fraction of sp³-hybridized carbons (Fsp3) is 0.400. The van der Waals surface area contributed by atoms with E-state index in [9.17, 15) is 9.59 Å². The normalized spacial score (nSPS) is 18.2. The monoisotopic (exact) mass is 305 g/mol. The number of carbonyl (C=O) groups is 2. The molecule has 1 unspecified atom stereocenters. The molecule has 6 heteroatoms. The van der Waals surface area contributed by atoms with Gasteiger partial charge in [-0.25, -0.2) is 0 Å². The van der Waals surface area contributed by atoms with E-state index in [2.05, 4.69) is 5.32 Å². The molecule has 1 aromatic carbocycles. The highest BCUT2D eigenvalue weighted by Gasteiger charge is 2.31. The maximum Gasteiger partial charge on any atom is 0.242 e. The Balaban J connectivity index is 2.06. The van der Waals surface area contributed by atoms with Crippen LogP contribution in [0.4, 0.5) is 0 Å². The van der Waals surface area contributed by atoms with Crippen molar-refractivity contribution in [2.75, 3.05) is 13.1 Å². The number of hydrogen-bond donors (Lipinski definition) is 2. The van der Waals surface area contributed by atoms with Crippen LogP contribution < -0.4 is 11.1 Å². The smallest absolute Gasteiger partial charge is 0.242 e. The summed E-state index contributed by atoms with van der Waals surface area (Å²) < 4.78 is 0. The number of rotatable bonds is 4. The first kappa shape index (κ1) is 15.4. The van der Waals surface area contributed by atoms with E-state index in [1.165, 1.54) is 0 Å². The van der Waals surface area contributed by atoms with Crippen molar-refractivity contribution >= 4 is 29.0 Å². The molecule has 1 atom stereocenters. The van der Waals surface area contributed by atoms with Crippen molar-refractivity contribution in [3.05, 3.63) is 35.4 Å². The zero-order chi connectivity index (χ0) is 15.4. The van der Waals surface area contributed by atoms with Crippen molar-refractivity contribution in [2.24, 2.45) is 5.73 Å². The number of amides is 2. The predicted octanol–water partition coefficient (Wildman–Crippen LogP) is 0.600. The molecule has 21 heavy (non-hydrogen) atoms. The highest BCUT2D eigenvalue weighted by Crippen LogP contribution is 2.12. The zero-order valence-corrected chi connectivity index (χ0v) is 12.8. The van der Waals surface area contributed by atoms with Crippen molar-refractivity contribution in [3.63, 3.8) is 0 Å². The highest BCUT2D eigenvalue weighted by molar-refractivity contribution is 7.80. The molecule has 0 spiro atoms. The van der Waals surface area contributed by atoms with E-state index in [-0.39, 0.29) is 24.3 Å². The lowest BCUT2D eigenvalue weighted by molar-refractivity contribution is -0.142. The van der Waals surface area contributed by atoms with Gasteiger partial charge in [0.2, 0.25) is 11.8 Å². The van der Waals surface area contributed by atoms with E-state index in [0.717, 1.165) is 11.1 Å². The first-order valence-electron chi connectivity index (χ1n) is 6.99. The third-order valence-electron chi connectivity index (χ3n) is 3.63. The SMILES string of the molecule is CCC1C(=O)NCCN1C(=O)Cc1ccc(C(N)=S)cc1. The second-order valence-corrected chi connectivity index (χ2v) is 5.48. The van der Waals surface area contributed by atoms with Gasteiger partial charge in [-0.15, -0.1) is 0 Å². The molecule has 0 bridgehead atoms. The molecule has 0 aromatic heterocycles. The molecule has 2 rings (SSSR count). The Morgan fingerprint density at radius 1 is 1.43 bits per heavy atom. The topological polar surface area (TPSA) is 75.4 Å². The summed E-state index contributed by atoms with van der Waals surface area (Å²) in [6.07, 6.45) is 0.902. The Kier molecular flexibility index (Phi) is 4.90. The molecule has 1 fully saturated rings. The number of nitrogens with one attached hydrogen (secondary N) is 1. The molecular weight excluding hydrogens is 286 g/mol. The van der Waals surface area contributed by atoms with Crippen molar-refractivity contribution in [2.45, 2.75) is 25.8 Å². The zero-order valence-electron chi connectivity index (χ0n) is 12.0. The van der Waals surface area contributed by atoms with E-state index in [1.54, 1.807) is 4.90 Å². The predicted molar refractivity (Wildman–Crippen MR) is 84.8 cm³/mol. The molecule has 1 aliphatic rings. The van der Waals surface area contributed by atoms with Gasteiger partial charge in [-0.3, -0.25) is 9.59 Å². The summed E-state index contributed by atoms with van der Waals surface area (Å²) >= 11 is 4.90. The largest absolute Gasteiger partial charge is 0.389 e. The Morgan fingerprint density at radius 3 is 2.67 bits per heavy atom. The van der Waals surface area contributed by atoms with Crippen LogP contribution in [0.3, 0.4) is 0 Å². The first-order chi connectivity index (χ1) is 10.0. The number of piperazine rings is 1. The van der Waals surface area contributed by atoms with Crippen LogP contribution in [0.5, 0.6) is 0 Å². The lowest BCUT2D eigenvalue weighted by Crippen LogP contribution is -2.57. The van der Waals surface area contributed by atoms with Gasteiger partial charge >= 0.3 is 0 Å². The summed E-state index contributed by atoms with van der Waals surface area (Å²) in [5.74, 6) is -0.0966. The Hall–Kier alpha value is -1.95. The molecule has 112 valence electrons. The Morgan fingerprint density at radius 2 is 2.10 bits per heavy atom. The molecule has 1 heterocycles. The van der Waals surface area contributed by atoms with E-state index in [4.69, 9.17) is 18.0 Å². The Bertz CT molecular complexity index is 557. The minimum Gasteiger partial charge on any atom is -0.389 e. The lowest BCUT2D eigenvalue weighted by atomic mass is 10.1. The highest BCUT2D eigenvalue weighted by atomic mass is 32.1. The molecule has 0 saturated carbocycles. The standard InChI is InChI=1S/C15H19N3O2S/c1-2-12-15(20)17-7-8-18(12)13(19)9-10-3-5-11(6-4-10)14(16)21/h3-6,12H,2,7-9H2,1H3,(H2,16,21)(H,17,20). The van der Waals surface area contributed by atoms with Crippen molar-refractivity contribution in [1.29, 1.82) is 0 Å². The average Bonchev–Trinajstić information content (AvgIpc) is 2.47. The second-order valence-electron chi connectivity index (χ2n) is 5.04. The Labute approximate surface area is 129 Å². The lowest BCUT2D eigenvalue weighted by Gasteiger charge is -2.34. The van der Waals surface area contributed by atoms with Gasteiger partial charge in [0, 0.05) is 18.7 Å². The van der Waals surface area contributed by atoms with Crippen LogP contribution in [-0.4, -0.2) is 40.8 Å². The van der Waals surface area contributed by atoms with Crippen molar-refractivity contribution < 1.29 is 9.59 Å². The maximum atomic E-state index is 12.4. The van der Waals surface area contributed by atoms with Gasteiger partial charge in [0.05, 0.1) is 6.42 Å². The summed E-state index contributed by atoms with van der Waals surface area (Å²) in [6, 6.07) is 6.95. The van der Waals surface area contributed by atoms with Gasteiger partial charge in [0.25, 0.3) is 0 Å². The molecule has 0 radical (unpaired) electrons. The number of nitrogens with two attached hydrogens (primary N) is 1. The van der Waals surface area contributed by atoms with Crippen LogP contribution in [0.2, 0.25) is 0 Å². The quantitative estimate of drug-likeness (QED) is 0.799. The number of carbonyl (C=O) groups excluding carboxylic acids is 2. The first-order valence-corrected chi connectivity index (χ1v) is 7.39. The minimum absolute atomic E-state index is 0.0280. The number of benzene rings is 1. The summed E-state index contributed by atoms with van der Waals surface area (Å²) in [6.45, 7) is 2.99. The molecule has 3 N–H and O–H groups in total. The van der Waals surface area contributed by atoms with E-state index < -0.39 is 0 Å². The third kappa shape index (κ3) is 3.58. The summed E-state index contributed by atoms with van der Waals surface area (Å²) in [5, 5.41) is 2.79. The molecular formula is C15H19N3O2S. The van der Waals surface area contributed by atoms with Crippen LogP contribution in [0.15, 0.2) is 24.3 Å². The number of hydrogen-bond acceptors (Lipinski definition) is 3. The number of thiocarbonyl (C=S) groups is 1. The minimum atomic E-state index is -0.359. The van der Waals surface area contributed by atoms with Gasteiger partial charge in [-0.05, 0) is 12.0 Å². The van der Waals surface area contributed by atoms with Crippen LogP contribution in [0.1, 0.15) is 24.5 Å². The van der Waals surface area contributed by atoms with Crippen LogP contribution in [-0.2, 0) is 16.0 Å². The molecule has 1 aromatic rings. The third-order valence-corrected chi connectivity index (χ3v) is 3.87. The van der Waals surface area contributed by atoms with Gasteiger partial charge < -0.3 is 16.0 Å². The van der Waals surface area contributed by atoms with Crippen molar-refractivity contribution in [3.8, 4) is 0 Å². The van der Waals surface area contributed by atoms with E-state index in [1.807, 2.05) is 31.2 Å². The molecule has 1 saturated heterocycles. The molecule has 1 aliphatic heterocycles. The number of nitrogens with zero attached hydrogens (tertiary/aromatic N) is 1. The summed E-state index contributed by atoms with van der Waals surface area (Å²) in [5.41, 5.74) is 7.22. The maximum absolute atomic E-state index is 12.4. The summed E-state index contributed by atoms with van der Waals surface area (Å²) in [7, 11) is 0. The molecule has 5 nitrogen and oxygen atoms in total. The van der Waals surface area contributed by atoms with E-state index >= 15 is 0 Å². The van der Waals surface area contributed by atoms with Gasteiger partial charge in [0.15, 0.2) is 0 Å². The molecule has 2 amide bonds. The van der Waals surface area contributed by atoms with Crippen LogP contribution >= 0.6 is 12.2 Å². The van der Waals surface area contributed by atoms with Gasteiger partial charge in [-0.1, -0.05) is 43.4 Å². The van der Waals surface area contributed by atoms with Crippen LogP contribution in [0.25, 0.3) is 0 Å².